The highest BCUT2D eigenvalue weighted by atomic mass is 19.2. The van der Waals surface area contributed by atoms with Crippen molar-refractivity contribution in [1.29, 1.82) is 0 Å². The van der Waals surface area contributed by atoms with Crippen LogP contribution in [0.3, 0.4) is 0 Å². The van der Waals surface area contributed by atoms with E-state index in [1.54, 1.807) is 0 Å². The van der Waals surface area contributed by atoms with Gasteiger partial charge in [-0.1, -0.05) is 18.9 Å². The van der Waals surface area contributed by atoms with Crippen LogP contribution in [0.5, 0.6) is 0 Å². The zero-order valence-corrected chi connectivity index (χ0v) is 11.1. The number of halogens is 5. The number of allylic oxidation sites excluding steroid dienone is 2. The molecular weight excluding hydrogens is 291 g/mol. The molecule has 21 heavy (non-hydrogen) atoms. The highest BCUT2D eigenvalue weighted by Crippen LogP contribution is 2.27. The van der Waals surface area contributed by atoms with E-state index in [0.717, 1.165) is 19.3 Å². The third-order valence-electron chi connectivity index (χ3n) is 3.52. The fourth-order valence-electron chi connectivity index (χ4n) is 2.36. The maximum Gasteiger partial charge on any atom is 0.200 e. The molecule has 0 fully saturated rings. The summed E-state index contributed by atoms with van der Waals surface area (Å²) in [6, 6.07) is 0. The third kappa shape index (κ3) is 2.99. The van der Waals surface area contributed by atoms with E-state index in [1.165, 1.54) is 6.08 Å². The van der Waals surface area contributed by atoms with Crippen molar-refractivity contribution in [2.75, 3.05) is 0 Å². The van der Waals surface area contributed by atoms with Crippen LogP contribution in [0, 0.1) is 29.1 Å². The number of ketones is 1. The van der Waals surface area contributed by atoms with Gasteiger partial charge in [0.15, 0.2) is 29.1 Å². The Morgan fingerprint density at radius 1 is 0.762 bits per heavy atom. The van der Waals surface area contributed by atoms with Crippen LogP contribution in [0.25, 0.3) is 0 Å². The average molecular weight is 304 g/mol. The highest BCUT2D eigenvalue weighted by molar-refractivity contribution is 6.09. The second-order valence-corrected chi connectivity index (χ2v) is 4.96. The minimum absolute atomic E-state index is 0.109. The molecule has 0 radical (unpaired) electrons. The Balaban J connectivity index is 2.48. The van der Waals surface area contributed by atoms with Gasteiger partial charge in [-0.3, -0.25) is 4.79 Å². The zero-order chi connectivity index (χ0) is 15.6. The molecule has 0 aliphatic heterocycles. The van der Waals surface area contributed by atoms with E-state index in [4.69, 9.17) is 0 Å². The average Bonchev–Trinajstić information content (AvgIpc) is 2.43. The van der Waals surface area contributed by atoms with Crippen molar-refractivity contribution in [2.45, 2.75) is 38.5 Å². The molecule has 0 heterocycles. The van der Waals surface area contributed by atoms with Crippen LogP contribution in [0.15, 0.2) is 11.6 Å². The van der Waals surface area contributed by atoms with Gasteiger partial charge in [-0.05, 0) is 31.3 Å². The van der Waals surface area contributed by atoms with E-state index in [2.05, 4.69) is 0 Å². The Bertz CT molecular complexity index is 578. The maximum atomic E-state index is 13.6. The first-order chi connectivity index (χ1) is 9.95. The van der Waals surface area contributed by atoms with Gasteiger partial charge in [-0.15, -0.1) is 0 Å². The first-order valence-corrected chi connectivity index (χ1v) is 6.70. The number of rotatable bonds is 2. The van der Waals surface area contributed by atoms with Crippen molar-refractivity contribution in [3.05, 3.63) is 46.3 Å². The molecule has 0 saturated heterocycles. The number of carbonyl (C=O) groups excluding carboxylic acids is 1. The lowest BCUT2D eigenvalue weighted by atomic mass is 9.93. The minimum atomic E-state index is -2.26. The van der Waals surface area contributed by atoms with E-state index in [9.17, 15) is 26.7 Å². The molecule has 1 aromatic carbocycles. The molecule has 0 atom stereocenters. The Kier molecular flexibility index (Phi) is 4.75. The van der Waals surface area contributed by atoms with Crippen LogP contribution in [0.1, 0.15) is 48.9 Å². The van der Waals surface area contributed by atoms with Crippen LogP contribution in [-0.4, -0.2) is 5.78 Å². The first kappa shape index (κ1) is 15.7. The van der Waals surface area contributed by atoms with E-state index < -0.39 is 40.4 Å². The van der Waals surface area contributed by atoms with Gasteiger partial charge in [-0.2, -0.15) is 0 Å². The highest BCUT2D eigenvalue weighted by Gasteiger charge is 2.30. The van der Waals surface area contributed by atoms with E-state index in [-0.39, 0.29) is 12.0 Å². The van der Waals surface area contributed by atoms with Crippen LogP contribution >= 0.6 is 0 Å². The van der Waals surface area contributed by atoms with Crippen LogP contribution in [-0.2, 0) is 0 Å². The Hall–Kier alpha value is -1.72. The SMILES string of the molecule is O=C(C1=CCCCCCC1)c1c(F)c(F)c(F)c(F)c1F. The standard InChI is InChI=1S/C15H13F5O/c16-10-9(11(17)13(19)14(20)12(10)18)15(21)8-6-4-2-1-3-5-7-8/h6H,1-5,7H2. The molecule has 1 aromatic rings. The summed E-state index contributed by atoms with van der Waals surface area (Å²) in [5.41, 5.74) is -1.25. The molecule has 1 aliphatic rings. The summed E-state index contributed by atoms with van der Waals surface area (Å²) in [7, 11) is 0. The lowest BCUT2D eigenvalue weighted by molar-refractivity contribution is 0.101. The van der Waals surface area contributed by atoms with Crippen molar-refractivity contribution in [3.63, 3.8) is 0 Å². The normalized spacial score (nSPS) is 16.1. The van der Waals surface area contributed by atoms with Gasteiger partial charge in [0.2, 0.25) is 5.82 Å². The molecule has 114 valence electrons. The number of hydrogen-bond donors (Lipinski definition) is 0. The molecule has 0 amide bonds. The first-order valence-electron chi connectivity index (χ1n) is 6.70. The molecule has 0 aromatic heterocycles. The fraction of sp³-hybridized carbons (Fsp3) is 0.400. The second-order valence-electron chi connectivity index (χ2n) is 4.96. The Labute approximate surface area is 118 Å². The molecular formula is C15H13F5O. The van der Waals surface area contributed by atoms with Crippen molar-refractivity contribution in [3.8, 4) is 0 Å². The van der Waals surface area contributed by atoms with E-state index >= 15 is 0 Å². The lowest BCUT2D eigenvalue weighted by Crippen LogP contribution is -2.15. The van der Waals surface area contributed by atoms with Crippen molar-refractivity contribution >= 4 is 5.78 Å². The van der Waals surface area contributed by atoms with Gasteiger partial charge in [0.05, 0.1) is 5.56 Å². The molecule has 1 aliphatic carbocycles. The van der Waals surface area contributed by atoms with E-state index in [1.807, 2.05) is 0 Å². The largest absolute Gasteiger partial charge is 0.289 e. The molecule has 2 rings (SSSR count). The van der Waals surface area contributed by atoms with Crippen LogP contribution in [0.4, 0.5) is 22.0 Å². The Morgan fingerprint density at radius 3 is 1.90 bits per heavy atom. The Morgan fingerprint density at radius 2 is 1.29 bits per heavy atom. The summed E-state index contributed by atoms with van der Waals surface area (Å²) in [4.78, 5) is 12.1. The molecule has 0 bridgehead atoms. The molecule has 1 nitrogen and oxygen atoms in total. The summed E-state index contributed by atoms with van der Waals surface area (Å²) >= 11 is 0. The van der Waals surface area contributed by atoms with Gasteiger partial charge in [0.1, 0.15) is 0 Å². The summed E-state index contributed by atoms with van der Waals surface area (Å²) in [5.74, 6) is -11.7. The molecule has 0 saturated carbocycles. The minimum Gasteiger partial charge on any atom is -0.289 e. The topological polar surface area (TPSA) is 17.1 Å². The lowest BCUT2D eigenvalue weighted by Gasteiger charge is -2.12. The van der Waals surface area contributed by atoms with Gasteiger partial charge in [-0.25, -0.2) is 22.0 Å². The van der Waals surface area contributed by atoms with Crippen molar-refractivity contribution in [1.82, 2.24) is 0 Å². The predicted octanol–water partition coefficient (Wildman–Crippen LogP) is 4.85. The maximum absolute atomic E-state index is 13.6. The van der Waals surface area contributed by atoms with Crippen molar-refractivity contribution in [2.24, 2.45) is 0 Å². The summed E-state index contributed by atoms with van der Waals surface area (Å²) < 4.78 is 66.5. The van der Waals surface area contributed by atoms with Gasteiger partial charge < -0.3 is 0 Å². The summed E-state index contributed by atoms with van der Waals surface area (Å²) in [5, 5.41) is 0. The monoisotopic (exact) mass is 304 g/mol. The van der Waals surface area contributed by atoms with Crippen LogP contribution < -0.4 is 0 Å². The number of carbonyl (C=O) groups is 1. The number of benzene rings is 1. The quantitative estimate of drug-likeness (QED) is 0.330. The predicted molar refractivity (Wildman–Crippen MR) is 66.3 cm³/mol. The number of Topliss-reactive ketones (excluding diaryl/α,β-unsaturated/α-hetero) is 1. The van der Waals surface area contributed by atoms with Crippen molar-refractivity contribution < 1.29 is 26.7 Å². The summed E-state index contributed by atoms with van der Waals surface area (Å²) in [6.07, 6.45) is 5.68. The van der Waals surface area contributed by atoms with E-state index in [0.29, 0.717) is 12.8 Å². The molecule has 0 N–H and O–H groups in total. The molecule has 0 unspecified atom stereocenters. The second kappa shape index (κ2) is 6.37. The van der Waals surface area contributed by atoms with Gasteiger partial charge in [0, 0.05) is 0 Å². The smallest absolute Gasteiger partial charge is 0.200 e. The zero-order valence-electron chi connectivity index (χ0n) is 11.1. The fourth-order valence-corrected chi connectivity index (χ4v) is 2.36. The molecule has 0 spiro atoms. The van der Waals surface area contributed by atoms with Gasteiger partial charge in [0.25, 0.3) is 0 Å². The summed E-state index contributed by atoms with van der Waals surface area (Å²) in [6.45, 7) is 0. The molecule has 6 heteroatoms. The van der Waals surface area contributed by atoms with Gasteiger partial charge >= 0.3 is 0 Å². The number of hydrogen-bond acceptors (Lipinski definition) is 1. The third-order valence-corrected chi connectivity index (χ3v) is 3.52. The van der Waals surface area contributed by atoms with Crippen LogP contribution in [0.2, 0.25) is 0 Å².